The number of hydrogen-bond donors (Lipinski definition) is 1. The number of anilines is 1. The Kier molecular flexibility index (Phi) is 7.12. The van der Waals surface area contributed by atoms with Crippen LogP contribution in [-0.4, -0.2) is 21.9 Å². The van der Waals surface area contributed by atoms with Crippen molar-refractivity contribution in [1.82, 2.24) is 9.97 Å². The lowest BCUT2D eigenvalue weighted by atomic mass is 10.1. The molecule has 0 aliphatic carbocycles. The number of hydrogen-bond acceptors (Lipinski definition) is 6. The fraction of sp³-hybridized carbons (Fsp3) is 0.250. The first-order valence-electron chi connectivity index (χ1n) is 9.92. The van der Waals surface area contributed by atoms with E-state index in [9.17, 15) is 0 Å². The minimum atomic E-state index is -0.114. The highest BCUT2D eigenvalue weighted by Crippen LogP contribution is 2.24. The van der Waals surface area contributed by atoms with Gasteiger partial charge in [-0.05, 0) is 26.3 Å². The summed E-state index contributed by atoms with van der Waals surface area (Å²) >= 11 is 0. The van der Waals surface area contributed by atoms with Crippen molar-refractivity contribution in [2.45, 2.75) is 32.7 Å². The van der Waals surface area contributed by atoms with Gasteiger partial charge in [-0.1, -0.05) is 54.6 Å². The average molecular weight is 399 g/mol. The van der Waals surface area contributed by atoms with E-state index in [2.05, 4.69) is 21.0 Å². The van der Waals surface area contributed by atoms with E-state index in [0.29, 0.717) is 18.0 Å². The van der Waals surface area contributed by atoms with Crippen molar-refractivity contribution < 1.29 is 4.74 Å². The average Bonchev–Trinajstić information content (AvgIpc) is 2.96. The Morgan fingerprint density at radius 3 is 2.87 bits per heavy atom. The Morgan fingerprint density at radius 1 is 1.30 bits per heavy atom. The van der Waals surface area contributed by atoms with Gasteiger partial charge in [-0.2, -0.15) is 5.26 Å². The van der Waals surface area contributed by atoms with Crippen LogP contribution in [0.1, 0.15) is 37.2 Å². The maximum absolute atomic E-state index is 8.80. The number of rotatable bonds is 6. The second-order valence-electron chi connectivity index (χ2n) is 7.09. The fourth-order valence-corrected chi connectivity index (χ4v) is 2.82. The van der Waals surface area contributed by atoms with Gasteiger partial charge in [-0.25, -0.2) is 15.0 Å². The van der Waals surface area contributed by atoms with Gasteiger partial charge in [-0.15, -0.1) is 0 Å². The first kappa shape index (κ1) is 21.0. The highest BCUT2D eigenvalue weighted by Gasteiger charge is 2.20. The Balaban J connectivity index is 1.81. The summed E-state index contributed by atoms with van der Waals surface area (Å²) < 4.78 is 6.14. The highest BCUT2D eigenvalue weighted by atomic mass is 16.5. The molecule has 1 aromatic heterocycles. The molecular formula is C24H25N5O. The largest absolute Gasteiger partial charge is 0.437 e. The Hall–Kier alpha value is -3.72. The van der Waals surface area contributed by atoms with E-state index in [0.717, 1.165) is 23.4 Å². The molecular weight excluding hydrogens is 374 g/mol. The quantitative estimate of drug-likeness (QED) is 0.723. The van der Waals surface area contributed by atoms with E-state index in [4.69, 9.17) is 15.7 Å². The summed E-state index contributed by atoms with van der Waals surface area (Å²) in [5.41, 5.74) is 8.29. The number of aromatic nitrogens is 2. The summed E-state index contributed by atoms with van der Waals surface area (Å²) in [6.45, 7) is 3.87. The van der Waals surface area contributed by atoms with Crippen LogP contribution >= 0.6 is 0 Å². The molecule has 2 unspecified atom stereocenters. The molecule has 30 heavy (non-hydrogen) atoms. The van der Waals surface area contributed by atoms with E-state index < -0.39 is 0 Å². The van der Waals surface area contributed by atoms with Gasteiger partial charge < -0.3 is 10.5 Å². The molecule has 2 atom stereocenters. The van der Waals surface area contributed by atoms with Crippen molar-refractivity contribution in [2.24, 2.45) is 10.9 Å². The van der Waals surface area contributed by atoms with Crippen molar-refractivity contribution in [1.29, 1.82) is 5.26 Å². The molecule has 3 rings (SSSR count). The zero-order valence-corrected chi connectivity index (χ0v) is 17.2. The number of nitrogens with zero attached hydrogens (tertiary/aromatic N) is 4. The first-order valence-corrected chi connectivity index (χ1v) is 9.92. The van der Waals surface area contributed by atoms with Crippen LogP contribution in [-0.2, 0) is 11.2 Å². The topological polar surface area (TPSA) is 97.2 Å². The van der Waals surface area contributed by atoms with Crippen LogP contribution in [0.15, 0.2) is 71.9 Å². The first-order chi connectivity index (χ1) is 14.6. The molecule has 0 bridgehead atoms. The number of nitrogen functional groups attached to an aromatic ring is 1. The molecule has 6 heteroatoms. The summed E-state index contributed by atoms with van der Waals surface area (Å²) in [7, 11) is 0. The van der Waals surface area contributed by atoms with Crippen molar-refractivity contribution in [3.63, 3.8) is 0 Å². The normalized spacial score (nSPS) is 17.7. The smallest absolute Gasteiger partial charge is 0.244 e. The minimum Gasteiger partial charge on any atom is -0.437 e. The number of nitriles is 1. The molecule has 2 aromatic rings. The molecule has 0 saturated heterocycles. The SMILES string of the molecule is CC(C#N)C=CC=CCc1cnc(N)c(C2=NC(C)CC=C(c3ccccc3)O2)n1. The van der Waals surface area contributed by atoms with Gasteiger partial charge in [0.05, 0.1) is 29.9 Å². The van der Waals surface area contributed by atoms with Crippen LogP contribution in [0.5, 0.6) is 0 Å². The van der Waals surface area contributed by atoms with Crippen LogP contribution in [0.2, 0.25) is 0 Å². The van der Waals surface area contributed by atoms with E-state index in [-0.39, 0.29) is 17.8 Å². The van der Waals surface area contributed by atoms with Crippen LogP contribution in [0.25, 0.3) is 5.76 Å². The van der Waals surface area contributed by atoms with Crippen LogP contribution in [0, 0.1) is 17.2 Å². The van der Waals surface area contributed by atoms with E-state index in [1.807, 2.05) is 74.6 Å². The molecule has 0 fully saturated rings. The number of benzene rings is 1. The Labute approximate surface area is 177 Å². The highest BCUT2D eigenvalue weighted by molar-refractivity contribution is 5.99. The zero-order chi connectivity index (χ0) is 21.3. The Bertz CT molecular complexity index is 1030. The third-order valence-electron chi connectivity index (χ3n) is 4.48. The second-order valence-corrected chi connectivity index (χ2v) is 7.09. The molecule has 2 heterocycles. The molecule has 1 aliphatic rings. The number of aliphatic imine (C=N–C) groups is 1. The molecule has 1 aromatic carbocycles. The molecule has 0 amide bonds. The maximum Gasteiger partial charge on any atom is 0.244 e. The monoisotopic (exact) mass is 399 g/mol. The fourth-order valence-electron chi connectivity index (χ4n) is 2.82. The third-order valence-corrected chi connectivity index (χ3v) is 4.48. The van der Waals surface area contributed by atoms with Gasteiger partial charge in [0, 0.05) is 12.0 Å². The zero-order valence-electron chi connectivity index (χ0n) is 17.2. The van der Waals surface area contributed by atoms with Crippen molar-refractivity contribution in [3.05, 3.63) is 83.9 Å². The van der Waals surface area contributed by atoms with Crippen molar-refractivity contribution >= 4 is 17.5 Å². The third kappa shape index (κ3) is 5.65. The number of nitrogens with two attached hydrogens (primary N) is 1. The lowest BCUT2D eigenvalue weighted by Gasteiger charge is -2.12. The molecule has 152 valence electrons. The van der Waals surface area contributed by atoms with Gasteiger partial charge in [0.2, 0.25) is 5.90 Å². The molecule has 2 N–H and O–H groups in total. The summed E-state index contributed by atoms with van der Waals surface area (Å²) in [6, 6.07) is 12.1. The summed E-state index contributed by atoms with van der Waals surface area (Å²) in [5, 5.41) is 8.80. The minimum absolute atomic E-state index is 0.0400. The van der Waals surface area contributed by atoms with Gasteiger partial charge in [0.25, 0.3) is 0 Å². The number of allylic oxidation sites excluding steroid dienone is 4. The summed E-state index contributed by atoms with van der Waals surface area (Å²) in [5.74, 6) is 1.29. The molecule has 0 saturated carbocycles. The van der Waals surface area contributed by atoms with Gasteiger partial charge in [-0.3, -0.25) is 0 Å². The van der Waals surface area contributed by atoms with Crippen LogP contribution < -0.4 is 5.73 Å². The predicted octanol–water partition coefficient (Wildman–Crippen LogP) is 4.47. The van der Waals surface area contributed by atoms with Gasteiger partial charge >= 0.3 is 0 Å². The van der Waals surface area contributed by atoms with Gasteiger partial charge in [0.15, 0.2) is 11.5 Å². The molecule has 6 nitrogen and oxygen atoms in total. The second kappa shape index (κ2) is 10.2. The van der Waals surface area contributed by atoms with E-state index >= 15 is 0 Å². The lowest BCUT2D eigenvalue weighted by molar-refractivity contribution is 0.505. The van der Waals surface area contributed by atoms with Crippen molar-refractivity contribution in [3.8, 4) is 6.07 Å². The lowest BCUT2D eigenvalue weighted by Crippen LogP contribution is -2.15. The van der Waals surface area contributed by atoms with E-state index in [1.54, 1.807) is 6.20 Å². The predicted molar refractivity (Wildman–Crippen MR) is 119 cm³/mol. The molecule has 0 radical (unpaired) electrons. The number of ether oxygens (including phenoxy) is 1. The van der Waals surface area contributed by atoms with E-state index in [1.165, 1.54) is 0 Å². The van der Waals surface area contributed by atoms with Gasteiger partial charge in [0.1, 0.15) is 5.76 Å². The molecule has 1 aliphatic heterocycles. The van der Waals surface area contributed by atoms with Crippen molar-refractivity contribution in [2.75, 3.05) is 5.73 Å². The summed E-state index contributed by atoms with van der Waals surface area (Å²) in [4.78, 5) is 13.6. The Morgan fingerprint density at radius 2 is 2.10 bits per heavy atom. The standard InChI is InChI=1S/C24H25N5O/c1-17(15-25)9-5-3-8-12-20-16-27-23(26)22(29-20)24-28-18(2)13-14-21(30-24)19-10-6-4-7-11-19/h3-11,14,16-18H,12-13H2,1-2H3,(H2,26,27). The maximum atomic E-state index is 8.80. The van der Waals surface area contributed by atoms with Crippen LogP contribution in [0.3, 0.4) is 0 Å². The van der Waals surface area contributed by atoms with Crippen LogP contribution in [0.4, 0.5) is 5.82 Å². The summed E-state index contributed by atoms with van der Waals surface area (Å²) in [6.07, 6.45) is 12.6. The molecule has 0 spiro atoms.